The van der Waals surface area contributed by atoms with Crippen molar-refractivity contribution in [2.45, 2.75) is 25.3 Å². The van der Waals surface area contributed by atoms with Crippen LogP contribution in [-0.4, -0.2) is 26.0 Å². The Labute approximate surface area is 130 Å². The van der Waals surface area contributed by atoms with E-state index in [0.29, 0.717) is 29.1 Å². The van der Waals surface area contributed by atoms with Crippen LogP contribution in [-0.2, 0) is 6.54 Å². The van der Waals surface area contributed by atoms with Gasteiger partial charge >= 0.3 is 0 Å². The summed E-state index contributed by atoms with van der Waals surface area (Å²) < 4.78 is 11.2. The van der Waals surface area contributed by atoms with Gasteiger partial charge in [-0.1, -0.05) is 6.07 Å². The number of rotatable bonds is 4. The first-order chi connectivity index (χ1) is 10.8. The molecule has 0 unspecified atom stereocenters. The maximum absolute atomic E-state index is 12.6. The fourth-order valence-electron chi connectivity index (χ4n) is 2.43. The van der Waals surface area contributed by atoms with Crippen LogP contribution >= 0.6 is 11.5 Å². The lowest BCUT2D eigenvalue weighted by atomic mass is 10.2. The van der Waals surface area contributed by atoms with E-state index < -0.39 is 0 Å². The molecule has 4 rings (SSSR count). The number of fused-ring (bicyclic) bond motifs is 1. The van der Waals surface area contributed by atoms with Gasteiger partial charge in [-0.2, -0.15) is 4.37 Å². The summed E-state index contributed by atoms with van der Waals surface area (Å²) in [6.45, 7) is 0.406. The molecule has 112 valence electrons. The molecular formula is C15H14N4O2S. The number of ether oxygens (including phenoxy) is 1. The van der Waals surface area contributed by atoms with E-state index >= 15 is 0 Å². The van der Waals surface area contributed by atoms with E-state index in [1.165, 1.54) is 24.4 Å². The van der Waals surface area contributed by atoms with Gasteiger partial charge in [0.1, 0.15) is 22.1 Å². The molecule has 0 amide bonds. The lowest BCUT2D eigenvalue weighted by molar-refractivity contribution is 0.418. The third-order valence-electron chi connectivity index (χ3n) is 3.77. The van der Waals surface area contributed by atoms with Crippen LogP contribution in [0.4, 0.5) is 0 Å². The van der Waals surface area contributed by atoms with E-state index in [9.17, 15) is 4.79 Å². The van der Waals surface area contributed by atoms with Crippen molar-refractivity contribution in [3.8, 4) is 5.75 Å². The molecule has 0 N–H and O–H groups in total. The Bertz CT molecular complexity index is 898. The second-order valence-corrected chi connectivity index (χ2v) is 6.19. The molecule has 7 heteroatoms. The summed E-state index contributed by atoms with van der Waals surface area (Å²) in [6, 6.07) is 5.36. The van der Waals surface area contributed by atoms with Gasteiger partial charge in [0.25, 0.3) is 5.56 Å². The monoisotopic (exact) mass is 314 g/mol. The zero-order valence-corrected chi connectivity index (χ0v) is 12.8. The largest absolute Gasteiger partial charge is 0.494 e. The molecule has 1 saturated carbocycles. The Morgan fingerprint density at radius 1 is 1.41 bits per heavy atom. The average molecular weight is 314 g/mol. The molecule has 0 bridgehead atoms. The third-order valence-corrected chi connectivity index (χ3v) is 4.48. The quantitative estimate of drug-likeness (QED) is 0.738. The molecule has 0 radical (unpaired) electrons. The number of hydrogen-bond acceptors (Lipinski definition) is 6. The predicted molar refractivity (Wildman–Crippen MR) is 83.5 cm³/mol. The van der Waals surface area contributed by atoms with Crippen LogP contribution in [0.3, 0.4) is 0 Å². The van der Waals surface area contributed by atoms with Crippen molar-refractivity contribution in [3.63, 3.8) is 0 Å². The van der Waals surface area contributed by atoms with Crippen molar-refractivity contribution >= 4 is 22.4 Å². The molecular weight excluding hydrogens is 300 g/mol. The van der Waals surface area contributed by atoms with Gasteiger partial charge in [-0.3, -0.25) is 9.36 Å². The van der Waals surface area contributed by atoms with Crippen molar-refractivity contribution in [2.75, 3.05) is 7.11 Å². The van der Waals surface area contributed by atoms with Crippen LogP contribution in [0, 0.1) is 0 Å². The van der Waals surface area contributed by atoms with Gasteiger partial charge in [0, 0.05) is 5.92 Å². The standard InChI is InChI=1S/C15H14N4O2S/c1-21-11-4-2-3-10-13(11)16-8-19(15(10)20)7-12-17-14(18-22-12)9-5-6-9/h2-4,8-9H,5-7H2,1H3. The fourth-order valence-corrected chi connectivity index (χ4v) is 3.15. The highest BCUT2D eigenvalue weighted by Crippen LogP contribution is 2.38. The molecule has 2 aromatic heterocycles. The van der Waals surface area contributed by atoms with Gasteiger partial charge in [0.05, 0.1) is 25.4 Å². The summed E-state index contributed by atoms with van der Waals surface area (Å²) >= 11 is 1.36. The number of para-hydroxylation sites is 1. The van der Waals surface area contributed by atoms with Crippen LogP contribution < -0.4 is 10.3 Å². The topological polar surface area (TPSA) is 69.9 Å². The fraction of sp³-hybridized carbons (Fsp3) is 0.333. The lowest BCUT2D eigenvalue weighted by Gasteiger charge is -2.07. The van der Waals surface area contributed by atoms with E-state index in [1.807, 2.05) is 0 Å². The van der Waals surface area contributed by atoms with Crippen LogP contribution in [0.2, 0.25) is 0 Å². The summed E-state index contributed by atoms with van der Waals surface area (Å²) in [5.74, 6) is 2.05. The van der Waals surface area contributed by atoms with Crippen molar-refractivity contribution in [3.05, 3.63) is 45.7 Å². The minimum atomic E-state index is -0.0907. The van der Waals surface area contributed by atoms with Gasteiger partial charge in [-0.25, -0.2) is 9.97 Å². The summed E-state index contributed by atoms with van der Waals surface area (Å²) in [4.78, 5) is 21.5. The average Bonchev–Trinajstić information content (AvgIpc) is 3.29. The van der Waals surface area contributed by atoms with E-state index in [4.69, 9.17) is 4.74 Å². The Balaban J connectivity index is 1.72. The Morgan fingerprint density at radius 2 is 2.27 bits per heavy atom. The number of benzene rings is 1. The molecule has 3 aromatic rings. The second-order valence-electron chi connectivity index (χ2n) is 5.35. The highest BCUT2D eigenvalue weighted by Gasteiger charge is 2.27. The summed E-state index contributed by atoms with van der Waals surface area (Å²) in [5, 5.41) is 1.39. The van der Waals surface area contributed by atoms with E-state index in [-0.39, 0.29) is 5.56 Å². The first kappa shape index (κ1) is 13.4. The summed E-state index contributed by atoms with van der Waals surface area (Å²) in [5.41, 5.74) is 0.495. The molecule has 0 atom stereocenters. The molecule has 1 aromatic carbocycles. The van der Waals surface area contributed by atoms with Crippen LogP contribution in [0.15, 0.2) is 29.3 Å². The molecule has 6 nitrogen and oxygen atoms in total. The maximum Gasteiger partial charge on any atom is 0.261 e. The zero-order chi connectivity index (χ0) is 15.1. The van der Waals surface area contributed by atoms with E-state index in [0.717, 1.165) is 10.8 Å². The van der Waals surface area contributed by atoms with Gasteiger partial charge in [0.2, 0.25) is 0 Å². The summed E-state index contributed by atoms with van der Waals surface area (Å²) in [6.07, 6.45) is 3.90. The SMILES string of the molecule is COc1cccc2c(=O)n(Cc3nc(C4CC4)ns3)cnc12. The van der Waals surface area contributed by atoms with Gasteiger partial charge in [-0.05, 0) is 36.5 Å². The number of nitrogens with zero attached hydrogens (tertiary/aromatic N) is 4. The summed E-state index contributed by atoms with van der Waals surface area (Å²) in [7, 11) is 1.57. The second kappa shape index (κ2) is 5.17. The number of aromatic nitrogens is 4. The normalized spacial score (nSPS) is 14.4. The third kappa shape index (κ3) is 2.27. The van der Waals surface area contributed by atoms with Crippen molar-refractivity contribution < 1.29 is 4.74 Å². The zero-order valence-electron chi connectivity index (χ0n) is 12.0. The number of hydrogen-bond donors (Lipinski definition) is 0. The molecule has 0 saturated heterocycles. The molecule has 2 heterocycles. The van der Waals surface area contributed by atoms with E-state index in [1.54, 1.807) is 36.2 Å². The minimum absolute atomic E-state index is 0.0907. The van der Waals surface area contributed by atoms with Crippen molar-refractivity contribution in [1.82, 2.24) is 18.9 Å². The maximum atomic E-state index is 12.6. The van der Waals surface area contributed by atoms with Gasteiger partial charge in [0.15, 0.2) is 0 Å². The van der Waals surface area contributed by atoms with Crippen molar-refractivity contribution in [1.29, 1.82) is 0 Å². The van der Waals surface area contributed by atoms with Crippen LogP contribution in [0.5, 0.6) is 5.75 Å². The highest BCUT2D eigenvalue weighted by molar-refractivity contribution is 7.05. The molecule has 0 spiro atoms. The van der Waals surface area contributed by atoms with E-state index in [2.05, 4.69) is 14.3 Å². The van der Waals surface area contributed by atoms with Gasteiger partial charge < -0.3 is 4.74 Å². The molecule has 1 aliphatic carbocycles. The van der Waals surface area contributed by atoms with Crippen LogP contribution in [0.25, 0.3) is 10.9 Å². The number of methoxy groups -OCH3 is 1. The predicted octanol–water partition coefficient (Wildman–Crippen LogP) is 2.18. The Kier molecular flexibility index (Phi) is 3.15. The van der Waals surface area contributed by atoms with Crippen molar-refractivity contribution in [2.24, 2.45) is 0 Å². The first-order valence-corrected chi connectivity index (χ1v) is 7.88. The smallest absolute Gasteiger partial charge is 0.261 e. The van der Waals surface area contributed by atoms with Crippen LogP contribution in [0.1, 0.15) is 29.6 Å². The minimum Gasteiger partial charge on any atom is -0.494 e. The highest BCUT2D eigenvalue weighted by atomic mass is 32.1. The molecule has 0 aliphatic heterocycles. The molecule has 1 fully saturated rings. The molecule has 1 aliphatic rings. The van der Waals surface area contributed by atoms with Gasteiger partial charge in [-0.15, -0.1) is 0 Å². The Morgan fingerprint density at radius 3 is 3.05 bits per heavy atom. The Hall–Kier alpha value is -2.28. The lowest BCUT2D eigenvalue weighted by Crippen LogP contribution is -2.21. The molecule has 22 heavy (non-hydrogen) atoms. The first-order valence-electron chi connectivity index (χ1n) is 7.11.